The highest BCUT2D eigenvalue weighted by molar-refractivity contribution is 9.09. The van der Waals surface area contributed by atoms with Gasteiger partial charge in [-0.05, 0) is 70.5 Å². The molecule has 0 saturated carbocycles. The van der Waals surface area contributed by atoms with E-state index in [9.17, 15) is 57.5 Å². The Hall–Kier alpha value is -8.08. The van der Waals surface area contributed by atoms with E-state index in [-0.39, 0.29) is 146 Å². The molecule has 3 heterocycles. The first-order valence-corrected chi connectivity index (χ1v) is 40.0. The number of amides is 9. The number of thiophene rings is 1. The molecule has 0 radical (unpaired) electrons. The van der Waals surface area contributed by atoms with E-state index in [2.05, 4.69) is 37.2 Å². The number of primary amides is 1. The second-order valence-electron chi connectivity index (χ2n) is 25.9. The van der Waals surface area contributed by atoms with E-state index in [1.54, 1.807) is 97.6 Å². The Bertz CT molecular complexity index is 4160. The third kappa shape index (κ3) is 25.7. The van der Waals surface area contributed by atoms with Gasteiger partial charge in [-0.1, -0.05) is 90.4 Å². The second-order valence-corrected chi connectivity index (χ2v) is 29.4. The van der Waals surface area contributed by atoms with Crippen LogP contribution in [0.2, 0.25) is 0 Å². The van der Waals surface area contributed by atoms with Crippen LogP contribution in [-0.4, -0.2) is 229 Å². The Morgan fingerprint density at radius 2 is 1.12 bits per heavy atom. The highest BCUT2D eigenvalue weighted by Gasteiger charge is 2.40. The number of ketones is 1. The van der Waals surface area contributed by atoms with E-state index in [0.29, 0.717) is 117 Å². The average Bonchev–Trinajstić information content (AvgIpc) is 1.62. The molecule has 0 aliphatic carbocycles. The van der Waals surface area contributed by atoms with E-state index in [0.717, 1.165) is 22.5 Å². The van der Waals surface area contributed by atoms with Crippen molar-refractivity contribution in [3.05, 3.63) is 124 Å². The molecule has 0 spiro atoms. The number of carbonyl (C=O) groups is 9. The van der Waals surface area contributed by atoms with Gasteiger partial charge in [0.2, 0.25) is 17.7 Å². The maximum atomic E-state index is 14.7. The van der Waals surface area contributed by atoms with Crippen LogP contribution in [0.15, 0.2) is 97.1 Å². The fraction of sp³-hybridized carbons (Fsp3) is 0.473. The van der Waals surface area contributed by atoms with E-state index >= 15 is 0 Å². The van der Waals surface area contributed by atoms with Gasteiger partial charge < -0.3 is 89.0 Å². The topological polar surface area (TPSA) is 381 Å². The Kier molecular flexibility index (Phi) is 34.5. The standard InChI is InChI=1S/C74H93BrCl2N9O21PS/c1-47(2)68(82-64(88)21-26-99-28-30-101-32-34-103-36-37-104-35-33-102-31-29-100-27-23-79-65(89)41-75)59(87)38-49(10-9-22-80-72(78)93)69(90)81-52-17-15-48(16-18-52)46-105-73(94)83(3)24-25-84(4)74(95)106-60-39-57-66(55-13-7-5-11-53(55)60)50(42-76)44-85(57)70(91)62-19-20-63(109-62)71(92)86-45-51(43-77)67-56-14-8-6-12-54(56)61(40-58(67)86)107-108(96,97)98/h5-8,11-20,39-40,47,49-51,68H,9-10,21-38,41-46H2,1-4H3,(H,79,89)(H,81,90)(H,82,88)(H3,78,80,93)(H2,96,97,98)/t49-,50-,51-,68+/m1/s1. The molecule has 9 amide bonds. The lowest BCUT2D eigenvalue weighted by Gasteiger charge is -2.24. The van der Waals surface area contributed by atoms with Gasteiger partial charge in [0.25, 0.3) is 11.8 Å². The quantitative estimate of drug-likeness (QED) is 0.0106. The molecular weight excluding hydrogens is 1560 g/mol. The molecule has 35 heteroatoms. The molecule has 8 N–H and O–H groups in total. The number of phosphoric ester groups is 1. The zero-order valence-corrected chi connectivity index (χ0v) is 65.8. The zero-order valence-electron chi connectivity index (χ0n) is 61.0. The number of nitrogens with one attached hydrogen (secondary N) is 4. The largest absolute Gasteiger partial charge is 0.524 e. The van der Waals surface area contributed by atoms with Crippen LogP contribution in [0.4, 0.5) is 31.4 Å². The van der Waals surface area contributed by atoms with E-state index in [1.165, 1.54) is 34.9 Å². The minimum Gasteiger partial charge on any atom is -0.445 e. The van der Waals surface area contributed by atoms with E-state index in [4.69, 9.17) is 71.4 Å². The summed E-state index contributed by atoms with van der Waals surface area (Å²) in [4.78, 5) is 145. The number of halogens is 3. The smallest absolute Gasteiger partial charge is 0.445 e. The van der Waals surface area contributed by atoms with E-state index < -0.39 is 61.6 Å². The van der Waals surface area contributed by atoms with Crippen LogP contribution >= 0.6 is 58.3 Å². The number of anilines is 3. The number of ether oxygens (including phenoxy) is 8. The highest BCUT2D eigenvalue weighted by Crippen LogP contribution is 2.50. The number of carbonyl (C=O) groups excluding carboxylic acids is 9. The van der Waals surface area contributed by atoms with Gasteiger partial charge >= 0.3 is 26.0 Å². The van der Waals surface area contributed by atoms with Gasteiger partial charge in [-0.15, -0.1) is 34.5 Å². The first kappa shape index (κ1) is 86.5. The molecule has 1 aromatic heterocycles. The van der Waals surface area contributed by atoms with Crippen molar-refractivity contribution in [3.63, 3.8) is 0 Å². The fourth-order valence-electron chi connectivity index (χ4n) is 12.2. The molecule has 8 rings (SSSR count). The summed E-state index contributed by atoms with van der Waals surface area (Å²) in [5, 5.41) is 13.4. The maximum Gasteiger partial charge on any atom is 0.524 e. The molecule has 6 aromatic rings. The van der Waals surface area contributed by atoms with Crippen LogP contribution < -0.4 is 46.1 Å². The van der Waals surface area contributed by atoms with Crippen LogP contribution in [0.1, 0.15) is 87.4 Å². The van der Waals surface area contributed by atoms with Crippen molar-refractivity contribution in [1.82, 2.24) is 25.8 Å². The lowest BCUT2D eigenvalue weighted by atomic mass is 9.89. The molecule has 0 bridgehead atoms. The van der Waals surface area contributed by atoms with Crippen molar-refractivity contribution in [2.24, 2.45) is 17.6 Å². The van der Waals surface area contributed by atoms with Crippen molar-refractivity contribution >= 4 is 150 Å². The number of Topliss-reactive ketones (excluding diaryl/α,β-unsaturated/α-hetero) is 1. The van der Waals surface area contributed by atoms with Crippen LogP contribution in [0.3, 0.4) is 0 Å². The maximum absolute atomic E-state index is 14.7. The average molecular weight is 1660 g/mol. The number of phosphoric acid groups is 1. The van der Waals surface area contributed by atoms with Gasteiger partial charge in [-0.25, -0.2) is 18.9 Å². The number of fused-ring (bicyclic) bond motifs is 6. The fourth-order valence-corrected chi connectivity index (χ4v) is 14.2. The van der Waals surface area contributed by atoms with Crippen LogP contribution in [0.5, 0.6) is 11.5 Å². The lowest BCUT2D eigenvalue weighted by molar-refractivity contribution is -0.131. The summed E-state index contributed by atoms with van der Waals surface area (Å²) in [7, 11) is -2.00. The van der Waals surface area contributed by atoms with Gasteiger partial charge in [0.15, 0.2) is 5.78 Å². The Morgan fingerprint density at radius 3 is 1.61 bits per heavy atom. The zero-order chi connectivity index (χ0) is 78.6. The van der Waals surface area contributed by atoms with Gasteiger partial charge in [0, 0.05) is 124 Å². The van der Waals surface area contributed by atoms with Crippen LogP contribution in [0, 0.1) is 11.8 Å². The minimum atomic E-state index is -5.01. The molecule has 592 valence electrons. The van der Waals surface area contributed by atoms with Crippen molar-refractivity contribution < 1.29 is 99.9 Å². The summed E-state index contributed by atoms with van der Waals surface area (Å²) in [6.07, 6.45) is -1.19. The molecule has 0 fully saturated rings. The molecule has 109 heavy (non-hydrogen) atoms. The number of benzene rings is 5. The number of likely N-dealkylation sites (N-methyl/N-ethyl adjacent to an activating group) is 2. The molecule has 30 nitrogen and oxygen atoms in total. The van der Waals surface area contributed by atoms with Crippen molar-refractivity contribution in [2.75, 3.05) is 165 Å². The van der Waals surface area contributed by atoms with Gasteiger partial charge in [0.1, 0.15) is 18.1 Å². The summed E-state index contributed by atoms with van der Waals surface area (Å²) in [6.45, 7) is 8.46. The number of nitrogens with zero attached hydrogens (tertiary/aromatic N) is 4. The number of hydrogen-bond donors (Lipinski definition) is 7. The molecule has 4 atom stereocenters. The highest BCUT2D eigenvalue weighted by atomic mass is 79.9. The minimum absolute atomic E-state index is 0.0162. The predicted octanol–water partition coefficient (Wildman–Crippen LogP) is 9.29. The molecule has 0 saturated heterocycles. The van der Waals surface area contributed by atoms with Crippen molar-refractivity contribution in [2.45, 2.75) is 64.0 Å². The molecule has 2 aliphatic rings. The van der Waals surface area contributed by atoms with Gasteiger partial charge in [-0.2, -0.15) is 0 Å². The Labute approximate surface area is 653 Å². The molecule has 2 aliphatic heterocycles. The third-order valence-corrected chi connectivity index (χ3v) is 20.5. The second kappa shape index (κ2) is 43.5. The number of nitrogens with two attached hydrogens (primary N) is 1. The Balaban J connectivity index is 0.764. The number of urea groups is 1. The summed E-state index contributed by atoms with van der Waals surface area (Å²) in [6, 6.07) is 25.2. The molecule has 5 aromatic carbocycles. The van der Waals surface area contributed by atoms with Gasteiger partial charge in [-0.3, -0.25) is 38.6 Å². The van der Waals surface area contributed by atoms with Gasteiger partial charge in [0.05, 0.1) is 112 Å². The summed E-state index contributed by atoms with van der Waals surface area (Å²) >= 11 is 17.1. The third-order valence-electron chi connectivity index (χ3n) is 17.7. The van der Waals surface area contributed by atoms with E-state index in [1.807, 2.05) is 12.1 Å². The number of hydrogen-bond acceptors (Lipinski definition) is 20. The van der Waals surface area contributed by atoms with Crippen LogP contribution in [0.25, 0.3) is 21.5 Å². The van der Waals surface area contributed by atoms with Crippen molar-refractivity contribution in [1.29, 1.82) is 0 Å². The number of rotatable bonds is 45. The molecule has 0 unspecified atom stereocenters. The first-order valence-electron chi connectivity index (χ1n) is 35.5. The monoisotopic (exact) mass is 1660 g/mol. The number of alkyl halides is 3. The van der Waals surface area contributed by atoms with Crippen LogP contribution in [-0.2, 0) is 63.5 Å². The summed E-state index contributed by atoms with van der Waals surface area (Å²) in [5.74, 6) is -3.75. The lowest BCUT2D eigenvalue weighted by Crippen LogP contribution is -2.45. The normalized spacial score (nSPS) is 14.4. The Morgan fingerprint density at radius 1 is 0.633 bits per heavy atom. The SMILES string of the molecule is CC(C)[C@H](NC(=O)CCOCCOCCOCCOCCOCCOCCNC(=O)CBr)C(=O)C[C@@H](CCCNC(N)=O)C(=O)Nc1ccc(COC(=O)N(C)CCN(C)C(=O)Oc2cc3c(c4ccccc24)[C@H](CCl)CN3C(=O)c2ccc(C(=O)N3C[C@@H](CCl)c4c3cc(OP(=O)(O)O)c3ccccc43)s2)cc1. The molecular formula is C74H93BrCl2N9O21PS. The first-order chi connectivity index (χ1) is 52.4. The van der Waals surface area contributed by atoms with Crippen molar-refractivity contribution in [3.8, 4) is 11.5 Å². The summed E-state index contributed by atoms with van der Waals surface area (Å²) in [5.41, 5.74) is 8.55. The predicted molar refractivity (Wildman–Crippen MR) is 415 cm³/mol. The summed E-state index contributed by atoms with van der Waals surface area (Å²) < 4.78 is 61.8.